The maximum atomic E-state index is 12.5. The van der Waals surface area contributed by atoms with Gasteiger partial charge < -0.3 is 20.1 Å². The van der Waals surface area contributed by atoms with E-state index in [4.69, 9.17) is 4.74 Å². The summed E-state index contributed by atoms with van der Waals surface area (Å²) in [5, 5.41) is 12.7. The van der Waals surface area contributed by atoms with E-state index >= 15 is 0 Å². The number of anilines is 1. The summed E-state index contributed by atoms with van der Waals surface area (Å²) in [6.07, 6.45) is -0.449. The first-order chi connectivity index (χ1) is 9.13. The van der Waals surface area contributed by atoms with Crippen molar-refractivity contribution in [3.8, 4) is 5.75 Å². The summed E-state index contributed by atoms with van der Waals surface area (Å²) in [6.45, 7) is 6.24. The van der Waals surface area contributed by atoms with E-state index in [1.54, 1.807) is 23.1 Å². The van der Waals surface area contributed by atoms with E-state index in [1.165, 1.54) is 0 Å². The lowest BCUT2D eigenvalue weighted by atomic mass is 10.1. The van der Waals surface area contributed by atoms with Gasteiger partial charge in [0.2, 0.25) is 0 Å². The number of carbonyl (C=O) groups excluding carboxylic acids is 1. The van der Waals surface area contributed by atoms with E-state index in [2.05, 4.69) is 5.32 Å². The van der Waals surface area contributed by atoms with Gasteiger partial charge in [0.15, 0.2) is 0 Å². The molecule has 1 saturated heterocycles. The molecule has 0 bridgehead atoms. The monoisotopic (exact) mass is 264 g/mol. The van der Waals surface area contributed by atoms with Crippen LogP contribution in [-0.2, 0) is 9.53 Å². The molecule has 1 unspecified atom stereocenters. The van der Waals surface area contributed by atoms with Crippen LogP contribution in [0.4, 0.5) is 5.69 Å². The van der Waals surface area contributed by atoms with Gasteiger partial charge in [0.1, 0.15) is 11.9 Å². The van der Waals surface area contributed by atoms with E-state index < -0.39 is 6.10 Å². The fraction of sp³-hybridized carbons (Fsp3) is 0.500. The van der Waals surface area contributed by atoms with E-state index in [1.807, 2.05) is 13.8 Å². The predicted octanol–water partition coefficient (Wildman–Crippen LogP) is 1.04. The van der Waals surface area contributed by atoms with Gasteiger partial charge in [-0.25, -0.2) is 0 Å². The Hall–Kier alpha value is -1.59. The molecule has 5 heteroatoms. The number of aromatic hydroxyl groups is 1. The molecule has 1 aliphatic heterocycles. The Labute approximate surface area is 113 Å². The molecule has 1 aromatic rings. The number of nitrogens with one attached hydrogen (secondary N) is 1. The Balaban J connectivity index is 2.23. The van der Waals surface area contributed by atoms with Crippen LogP contribution in [0.3, 0.4) is 0 Å². The summed E-state index contributed by atoms with van der Waals surface area (Å²) < 4.78 is 5.50. The minimum atomic E-state index is -0.449. The highest BCUT2D eigenvalue weighted by molar-refractivity contribution is 5.97. The molecule has 1 heterocycles. The number of ether oxygens (including phenoxy) is 1. The van der Waals surface area contributed by atoms with Crippen molar-refractivity contribution in [2.24, 2.45) is 0 Å². The van der Waals surface area contributed by atoms with E-state index in [-0.39, 0.29) is 11.7 Å². The van der Waals surface area contributed by atoms with Gasteiger partial charge in [0, 0.05) is 25.7 Å². The smallest absolute Gasteiger partial charge is 0.257 e. The van der Waals surface area contributed by atoms with Gasteiger partial charge in [0.25, 0.3) is 5.91 Å². The second-order valence-corrected chi connectivity index (χ2v) is 4.62. The molecule has 0 radical (unpaired) electrons. The molecule has 0 aliphatic carbocycles. The van der Waals surface area contributed by atoms with E-state index in [0.717, 1.165) is 17.8 Å². The third-order valence-electron chi connectivity index (χ3n) is 3.27. The van der Waals surface area contributed by atoms with Gasteiger partial charge in [-0.3, -0.25) is 4.79 Å². The van der Waals surface area contributed by atoms with Crippen LogP contribution in [0.2, 0.25) is 0 Å². The number of likely N-dealkylation sites (N-methyl/N-ethyl adjacent to an activating group) is 1. The molecule has 0 spiro atoms. The number of phenolic OH excluding ortho intramolecular Hbond substituents is 1. The maximum absolute atomic E-state index is 12.5. The van der Waals surface area contributed by atoms with Crippen molar-refractivity contribution < 1.29 is 14.6 Å². The Kier molecular flexibility index (Phi) is 4.39. The number of phenols is 1. The molecule has 5 nitrogen and oxygen atoms in total. The van der Waals surface area contributed by atoms with Crippen LogP contribution >= 0.6 is 0 Å². The van der Waals surface area contributed by atoms with Gasteiger partial charge >= 0.3 is 0 Å². The minimum absolute atomic E-state index is 0.0663. The topological polar surface area (TPSA) is 61.8 Å². The van der Waals surface area contributed by atoms with Crippen LogP contribution in [-0.4, -0.2) is 43.4 Å². The van der Waals surface area contributed by atoms with Gasteiger partial charge in [-0.15, -0.1) is 0 Å². The number of rotatable bonds is 3. The standard InChI is InChI=1S/C14H20N2O3/c1-3-16(12-8-11(17)5-4-10(12)2)14(18)13-9-15-6-7-19-13/h4-5,8,13,15,17H,3,6-7,9H2,1-2H3. The number of carbonyl (C=O) groups is 1. The Bertz CT molecular complexity index is 456. The molecule has 1 fully saturated rings. The molecule has 1 aromatic carbocycles. The van der Waals surface area contributed by atoms with Crippen molar-refractivity contribution in [1.82, 2.24) is 5.32 Å². The van der Waals surface area contributed by atoms with Crippen molar-refractivity contribution in [2.45, 2.75) is 20.0 Å². The molecule has 104 valence electrons. The molecule has 0 aromatic heterocycles. The lowest BCUT2D eigenvalue weighted by Gasteiger charge is -2.30. The van der Waals surface area contributed by atoms with Crippen LogP contribution in [0.15, 0.2) is 18.2 Å². The Morgan fingerprint density at radius 2 is 2.37 bits per heavy atom. The first-order valence-electron chi connectivity index (χ1n) is 6.56. The van der Waals surface area contributed by atoms with Crippen molar-refractivity contribution >= 4 is 11.6 Å². The van der Waals surface area contributed by atoms with Crippen LogP contribution in [0, 0.1) is 6.92 Å². The average Bonchev–Trinajstić information content (AvgIpc) is 2.44. The van der Waals surface area contributed by atoms with Crippen LogP contribution < -0.4 is 10.2 Å². The van der Waals surface area contributed by atoms with Gasteiger partial charge in [-0.1, -0.05) is 6.07 Å². The minimum Gasteiger partial charge on any atom is -0.508 e. The molecule has 1 atom stereocenters. The second-order valence-electron chi connectivity index (χ2n) is 4.62. The first kappa shape index (κ1) is 13.8. The van der Waals surface area contributed by atoms with Crippen molar-refractivity contribution in [3.63, 3.8) is 0 Å². The quantitative estimate of drug-likeness (QED) is 0.856. The predicted molar refractivity (Wildman–Crippen MR) is 73.5 cm³/mol. The van der Waals surface area contributed by atoms with Crippen LogP contribution in [0.5, 0.6) is 5.75 Å². The number of aryl methyl sites for hydroxylation is 1. The highest BCUT2D eigenvalue weighted by Gasteiger charge is 2.27. The van der Waals surface area contributed by atoms with Crippen molar-refractivity contribution in [2.75, 3.05) is 31.1 Å². The number of benzene rings is 1. The summed E-state index contributed by atoms with van der Waals surface area (Å²) in [5.41, 5.74) is 1.69. The Morgan fingerprint density at radius 1 is 1.58 bits per heavy atom. The third-order valence-corrected chi connectivity index (χ3v) is 3.27. The highest BCUT2D eigenvalue weighted by Crippen LogP contribution is 2.25. The van der Waals surface area contributed by atoms with Crippen molar-refractivity contribution in [1.29, 1.82) is 0 Å². The summed E-state index contributed by atoms with van der Waals surface area (Å²) in [6, 6.07) is 5.05. The zero-order valence-corrected chi connectivity index (χ0v) is 11.3. The van der Waals surface area contributed by atoms with Gasteiger partial charge in [0.05, 0.1) is 12.3 Å². The van der Waals surface area contributed by atoms with Crippen LogP contribution in [0.25, 0.3) is 0 Å². The van der Waals surface area contributed by atoms with E-state index in [0.29, 0.717) is 19.7 Å². The average molecular weight is 264 g/mol. The molecule has 0 saturated carbocycles. The normalized spacial score (nSPS) is 19.2. The summed E-state index contributed by atoms with van der Waals surface area (Å²) in [5.74, 6) is 0.0953. The van der Waals surface area contributed by atoms with Gasteiger partial charge in [-0.2, -0.15) is 0 Å². The summed E-state index contributed by atoms with van der Waals surface area (Å²) >= 11 is 0. The number of morpholine rings is 1. The molecule has 19 heavy (non-hydrogen) atoms. The number of hydrogen-bond donors (Lipinski definition) is 2. The fourth-order valence-corrected chi connectivity index (χ4v) is 2.23. The van der Waals surface area contributed by atoms with Crippen molar-refractivity contribution in [3.05, 3.63) is 23.8 Å². The van der Waals surface area contributed by atoms with Crippen LogP contribution in [0.1, 0.15) is 12.5 Å². The molecule has 2 rings (SSSR count). The number of amides is 1. The lowest BCUT2D eigenvalue weighted by Crippen LogP contribution is -2.49. The molecule has 1 amide bonds. The molecule has 2 N–H and O–H groups in total. The fourth-order valence-electron chi connectivity index (χ4n) is 2.23. The van der Waals surface area contributed by atoms with Gasteiger partial charge in [-0.05, 0) is 25.5 Å². The largest absolute Gasteiger partial charge is 0.508 e. The molecular weight excluding hydrogens is 244 g/mol. The highest BCUT2D eigenvalue weighted by atomic mass is 16.5. The second kappa shape index (κ2) is 6.04. The maximum Gasteiger partial charge on any atom is 0.257 e. The molecular formula is C14H20N2O3. The summed E-state index contributed by atoms with van der Waals surface area (Å²) in [4.78, 5) is 14.1. The van der Waals surface area contributed by atoms with E-state index in [9.17, 15) is 9.90 Å². The summed E-state index contributed by atoms with van der Waals surface area (Å²) in [7, 11) is 0. The SMILES string of the molecule is CCN(C(=O)C1CNCCO1)c1cc(O)ccc1C. The zero-order valence-electron chi connectivity index (χ0n) is 11.3. The molecule has 1 aliphatic rings. The number of nitrogens with zero attached hydrogens (tertiary/aromatic N) is 1. The Morgan fingerprint density at radius 3 is 3.00 bits per heavy atom. The number of hydrogen-bond acceptors (Lipinski definition) is 4. The first-order valence-corrected chi connectivity index (χ1v) is 6.56. The lowest BCUT2D eigenvalue weighted by molar-refractivity contribution is -0.131. The third kappa shape index (κ3) is 3.05. The zero-order chi connectivity index (χ0) is 13.8.